The van der Waals surface area contributed by atoms with Crippen molar-refractivity contribution in [1.82, 2.24) is 10.3 Å². The Balaban J connectivity index is 1.76. The predicted molar refractivity (Wildman–Crippen MR) is 81.2 cm³/mol. The second kappa shape index (κ2) is 6.91. The van der Waals surface area contributed by atoms with Crippen LogP contribution in [-0.2, 0) is 6.42 Å². The molecule has 0 bridgehead atoms. The lowest BCUT2D eigenvalue weighted by atomic mass is 10.1. The molecule has 4 nitrogen and oxygen atoms in total. The highest BCUT2D eigenvalue weighted by atomic mass is 35.5. The highest BCUT2D eigenvalue weighted by Gasteiger charge is 2.02. The van der Waals surface area contributed by atoms with Crippen LogP contribution in [0.25, 0.3) is 0 Å². The van der Waals surface area contributed by atoms with Crippen molar-refractivity contribution >= 4 is 23.4 Å². The van der Waals surface area contributed by atoms with Gasteiger partial charge in [0, 0.05) is 17.8 Å². The molecule has 1 aromatic carbocycles. The summed E-state index contributed by atoms with van der Waals surface area (Å²) < 4.78 is 0. The molecule has 2 aromatic rings. The van der Waals surface area contributed by atoms with Crippen LogP contribution in [-0.4, -0.2) is 17.6 Å². The Kier molecular flexibility index (Phi) is 4.96. The Morgan fingerprint density at radius 3 is 2.70 bits per heavy atom. The molecule has 0 fully saturated rings. The van der Waals surface area contributed by atoms with E-state index in [1.54, 1.807) is 6.20 Å². The molecule has 2 N–H and O–H groups in total. The molecule has 0 aliphatic rings. The maximum Gasteiger partial charge on any atom is 0.320 e. The van der Waals surface area contributed by atoms with Crippen LogP contribution in [0.1, 0.15) is 11.1 Å². The first-order valence-corrected chi connectivity index (χ1v) is 6.73. The van der Waals surface area contributed by atoms with Crippen LogP contribution in [0.15, 0.2) is 42.6 Å². The van der Waals surface area contributed by atoms with Gasteiger partial charge in [-0.3, -0.25) is 5.32 Å². The zero-order valence-corrected chi connectivity index (χ0v) is 11.9. The highest BCUT2D eigenvalue weighted by molar-refractivity contribution is 6.30. The molecule has 1 aromatic heterocycles. The van der Waals surface area contributed by atoms with Gasteiger partial charge in [0.05, 0.1) is 0 Å². The number of benzene rings is 1. The van der Waals surface area contributed by atoms with E-state index < -0.39 is 0 Å². The number of amides is 2. The van der Waals surface area contributed by atoms with E-state index in [-0.39, 0.29) is 6.03 Å². The lowest BCUT2D eigenvalue weighted by Gasteiger charge is -2.07. The molecule has 0 unspecified atom stereocenters. The lowest BCUT2D eigenvalue weighted by Crippen LogP contribution is -2.30. The zero-order valence-electron chi connectivity index (χ0n) is 11.2. The van der Waals surface area contributed by atoms with Crippen molar-refractivity contribution in [3.05, 3.63) is 58.7 Å². The molecule has 2 amide bonds. The Hall–Kier alpha value is -2.07. The second-order valence-electron chi connectivity index (χ2n) is 4.48. The van der Waals surface area contributed by atoms with Crippen LogP contribution in [0.3, 0.4) is 0 Å². The second-order valence-corrected chi connectivity index (χ2v) is 4.91. The van der Waals surface area contributed by atoms with E-state index in [1.165, 1.54) is 0 Å². The Morgan fingerprint density at radius 1 is 1.25 bits per heavy atom. The smallest absolute Gasteiger partial charge is 0.320 e. The number of nitrogens with zero attached hydrogens (tertiary/aromatic N) is 1. The summed E-state index contributed by atoms with van der Waals surface area (Å²) in [4.78, 5) is 15.8. The van der Waals surface area contributed by atoms with E-state index in [1.807, 2.05) is 43.3 Å². The summed E-state index contributed by atoms with van der Waals surface area (Å²) in [6.45, 7) is 2.50. The monoisotopic (exact) mass is 289 g/mol. The number of hydrogen-bond acceptors (Lipinski definition) is 2. The quantitative estimate of drug-likeness (QED) is 0.906. The van der Waals surface area contributed by atoms with Crippen molar-refractivity contribution < 1.29 is 4.79 Å². The van der Waals surface area contributed by atoms with Crippen LogP contribution in [0.5, 0.6) is 0 Å². The number of carbonyl (C=O) groups excluding carboxylic acids is 1. The van der Waals surface area contributed by atoms with E-state index in [0.717, 1.165) is 17.5 Å². The molecule has 104 valence electrons. The number of hydrogen-bond donors (Lipinski definition) is 2. The van der Waals surface area contributed by atoms with E-state index in [0.29, 0.717) is 17.4 Å². The van der Waals surface area contributed by atoms with E-state index >= 15 is 0 Å². The average Bonchev–Trinajstić information content (AvgIpc) is 2.41. The number of halogens is 1. The molecule has 20 heavy (non-hydrogen) atoms. The van der Waals surface area contributed by atoms with Crippen LogP contribution in [0.4, 0.5) is 10.6 Å². The van der Waals surface area contributed by atoms with Crippen molar-refractivity contribution in [3.8, 4) is 0 Å². The maximum absolute atomic E-state index is 11.7. The molecule has 0 saturated heterocycles. The van der Waals surface area contributed by atoms with Gasteiger partial charge in [-0.2, -0.15) is 0 Å². The molecule has 0 aliphatic heterocycles. The summed E-state index contributed by atoms with van der Waals surface area (Å²) >= 11 is 5.81. The molecule has 2 rings (SSSR count). The van der Waals surface area contributed by atoms with Crippen molar-refractivity contribution in [3.63, 3.8) is 0 Å². The molecule has 0 saturated carbocycles. The topological polar surface area (TPSA) is 54.0 Å². The summed E-state index contributed by atoms with van der Waals surface area (Å²) in [7, 11) is 0. The van der Waals surface area contributed by atoms with Crippen LogP contribution in [0.2, 0.25) is 5.02 Å². The summed E-state index contributed by atoms with van der Waals surface area (Å²) in [5.41, 5.74) is 2.18. The fourth-order valence-electron chi connectivity index (χ4n) is 1.74. The minimum absolute atomic E-state index is 0.253. The van der Waals surface area contributed by atoms with Gasteiger partial charge in [0.25, 0.3) is 0 Å². The number of pyridine rings is 1. The molecule has 0 spiro atoms. The van der Waals surface area contributed by atoms with Crippen molar-refractivity contribution in [2.45, 2.75) is 13.3 Å². The highest BCUT2D eigenvalue weighted by Crippen LogP contribution is 2.09. The number of rotatable bonds is 4. The normalized spacial score (nSPS) is 10.1. The Bertz CT molecular complexity index is 584. The minimum Gasteiger partial charge on any atom is -0.337 e. The van der Waals surface area contributed by atoms with E-state index in [2.05, 4.69) is 15.6 Å². The molecule has 0 aliphatic carbocycles. The number of aryl methyl sites for hydroxylation is 1. The Labute approximate surface area is 123 Å². The van der Waals surface area contributed by atoms with Gasteiger partial charge in [0.1, 0.15) is 5.82 Å². The maximum atomic E-state index is 11.7. The molecular weight excluding hydrogens is 274 g/mol. The molecular formula is C15H16ClN3O. The average molecular weight is 290 g/mol. The molecule has 5 heteroatoms. The van der Waals surface area contributed by atoms with Crippen molar-refractivity contribution in [1.29, 1.82) is 0 Å². The summed E-state index contributed by atoms with van der Waals surface area (Å²) in [5.74, 6) is 0.550. The van der Waals surface area contributed by atoms with E-state index in [9.17, 15) is 4.79 Å². The number of aromatic nitrogens is 1. The largest absolute Gasteiger partial charge is 0.337 e. The lowest BCUT2D eigenvalue weighted by molar-refractivity contribution is 0.252. The molecule has 0 radical (unpaired) electrons. The van der Waals surface area contributed by atoms with Gasteiger partial charge < -0.3 is 5.32 Å². The standard InChI is InChI=1S/C15H16ClN3O/c1-11-6-8-17-14(10-11)19-15(20)18-9-7-12-2-4-13(16)5-3-12/h2-6,8,10H,7,9H2,1H3,(H2,17,18,19,20). The first-order chi connectivity index (χ1) is 9.63. The van der Waals surface area contributed by atoms with Crippen LogP contribution >= 0.6 is 11.6 Å². The number of anilines is 1. The van der Waals surface area contributed by atoms with Crippen LogP contribution < -0.4 is 10.6 Å². The Morgan fingerprint density at radius 2 is 2.00 bits per heavy atom. The third kappa shape index (κ3) is 4.55. The molecule has 0 atom stereocenters. The van der Waals surface area contributed by atoms with Gasteiger partial charge in [0.15, 0.2) is 0 Å². The zero-order chi connectivity index (χ0) is 14.4. The number of nitrogens with one attached hydrogen (secondary N) is 2. The third-order valence-corrected chi connectivity index (χ3v) is 3.02. The fraction of sp³-hybridized carbons (Fsp3) is 0.200. The molecule has 1 heterocycles. The summed E-state index contributed by atoms with van der Waals surface area (Å²) in [6.07, 6.45) is 2.42. The van der Waals surface area contributed by atoms with Gasteiger partial charge in [-0.15, -0.1) is 0 Å². The number of urea groups is 1. The predicted octanol–water partition coefficient (Wildman–Crippen LogP) is 3.41. The summed E-state index contributed by atoms with van der Waals surface area (Å²) in [5, 5.41) is 6.20. The van der Waals surface area contributed by atoms with Crippen molar-refractivity contribution in [2.24, 2.45) is 0 Å². The minimum atomic E-state index is -0.253. The first-order valence-electron chi connectivity index (χ1n) is 6.35. The van der Waals surface area contributed by atoms with Crippen molar-refractivity contribution in [2.75, 3.05) is 11.9 Å². The van der Waals surface area contributed by atoms with Gasteiger partial charge in [-0.1, -0.05) is 23.7 Å². The first kappa shape index (κ1) is 14.3. The van der Waals surface area contributed by atoms with Gasteiger partial charge in [0.2, 0.25) is 0 Å². The SMILES string of the molecule is Cc1ccnc(NC(=O)NCCc2ccc(Cl)cc2)c1. The fourth-order valence-corrected chi connectivity index (χ4v) is 1.86. The summed E-state index contributed by atoms with van der Waals surface area (Å²) in [6, 6.07) is 11.0. The number of carbonyl (C=O) groups is 1. The van der Waals surface area contributed by atoms with Gasteiger partial charge in [-0.05, 0) is 48.7 Å². The third-order valence-electron chi connectivity index (χ3n) is 2.77. The van der Waals surface area contributed by atoms with Crippen LogP contribution in [0, 0.1) is 6.92 Å². The van der Waals surface area contributed by atoms with Gasteiger partial charge >= 0.3 is 6.03 Å². The van der Waals surface area contributed by atoms with E-state index in [4.69, 9.17) is 11.6 Å². The van der Waals surface area contributed by atoms with Gasteiger partial charge in [-0.25, -0.2) is 9.78 Å².